The molecule has 2 aromatic carbocycles. The molecule has 0 aliphatic carbocycles. The summed E-state index contributed by atoms with van der Waals surface area (Å²) < 4.78 is 11.7. The van der Waals surface area contributed by atoms with E-state index < -0.39 is 0 Å². The van der Waals surface area contributed by atoms with Crippen LogP contribution in [-0.2, 0) is 16.1 Å². The first-order chi connectivity index (χ1) is 13.9. The van der Waals surface area contributed by atoms with E-state index in [2.05, 4.69) is 29.2 Å². The molecule has 1 fully saturated rings. The zero-order valence-corrected chi connectivity index (χ0v) is 18.0. The van der Waals surface area contributed by atoms with Crippen molar-refractivity contribution in [1.82, 2.24) is 4.90 Å². The van der Waals surface area contributed by atoms with E-state index in [-0.39, 0.29) is 18.6 Å². The molecule has 5 heteroatoms. The van der Waals surface area contributed by atoms with Gasteiger partial charge in [-0.05, 0) is 55.5 Å². The first-order valence-corrected chi connectivity index (χ1v) is 10.3. The summed E-state index contributed by atoms with van der Waals surface area (Å²) in [6.45, 7) is 5.98. The van der Waals surface area contributed by atoms with Crippen molar-refractivity contribution >= 4 is 11.6 Å². The number of ether oxygens (including phenoxy) is 2. The third-order valence-electron chi connectivity index (χ3n) is 5.38. The van der Waals surface area contributed by atoms with Gasteiger partial charge in [0.25, 0.3) is 5.91 Å². The number of hydrogen-bond donors (Lipinski definition) is 0. The summed E-state index contributed by atoms with van der Waals surface area (Å²) >= 11 is 0. The predicted molar refractivity (Wildman–Crippen MR) is 117 cm³/mol. The Balaban J connectivity index is 1.69. The summed E-state index contributed by atoms with van der Waals surface area (Å²) in [7, 11) is 4.04. The second-order valence-corrected chi connectivity index (χ2v) is 7.98. The fourth-order valence-corrected chi connectivity index (χ4v) is 3.66. The Morgan fingerprint density at radius 2 is 1.79 bits per heavy atom. The average Bonchev–Trinajstić information content (AvgIpc) is 3.20. The van der Waals surface area contributed by atoms with E-state index in [0.717, 1.165) is 47.6 Å². The maximum atomic E-state index is 13.0. The highest BCUT2D eigenvalue weighted by Gasteiger charge is 2.23. The highest BCUT2D eigenvalue weighted by Crippen LogP contribution is 2.23. The Morgan fingerprint density at radius 1 is 1.10 bits per heavy atom. The van der Waals surface area contributed by atoms with Gasteiger partial charge in [-0.2, -0.15) is 0 Å². The van der Waals surface area contributed by atoms with E-state index in [0.29, 0.717) is 13.1 Å². The summed E-state index contributed by atoms with van der Waals surface area (Å²) in [5, 5.41) is 0. The van der Waals surface area contributed by atoms with Gasteiger partial charge in [-0.15, -0.1) is 0 Å². The van der Waals surface area contributed by atoms with Crippen molar-refractivity contribution in [1.29, 1.82) is 0 Å². The fraction of sp³-hybridized carbons (Fsp3) is 0.458. The van der Waals surface area contributed by atoms with Gasteiger partial charge in [0.15, 0.2) is 6.61 Å². The van der Waals surface area contributed by atoms with Gasteiger partial charge in [0.2, 0.25) is 0 Å². The zero-order chi connectivity index (χ0) is 20.8. The van der Waals surface area contributed by atoms with Crippen LogP contribution in [0.2, 0.25) is 0 Å². The monoisotopic (exact) mass is 396 g/mol. The normalized spacial score (nSPS) is 15.9. The molecule has 5 nitrogen and oxygen atoms in total. The number of amides is 1. The molecule has 1 aliphatic rings. The number of aryl methyl sites for hydroxylation is 2. The molecular formula is C24H32N2O3. The maximum absolute atomic E-state index is 13.0. The largest absolute Gasteiger partial charge is 0.483 e. The third-order valence-corrected chi connectivity index (χ3v) is 5.38. The van der Waals surface area contributed by atoms with Gasteiger partial charge >= 0.3 is 0 Å². The first-order valence-electron chi connectivity index (χ1n) is 10.3. The van der Waals surface area contributed by atoms with E-state index in [1.54, 1.807) is 0 Å². The predicted octanol–water partition coefficient (Wildman–Crippen LogP) is 3.96. The highest BCUT2D eigenvalue weighted by molar-refractivity contribution is 5.78. The number of rotatable bonds is 8. The number of para-hydroxylation sites is 1. The molecule has 0 saturated carbocycles. The van der Waals surface area contributed by atoms with Crippen LogP contribution in [0.15, 0.2) is 42.5 Å². The number of carbonyl (C=O) groups excluding carboxylic acids is 1. The quantitative estimate of drug-likeness (QED) is 0.677. The molecule has 2 aromatic rings. The van der Waals surface area contributed by atoms with Crippen LogP contribution in [0.5, 0.6) is 5.75 Å². The number of hydrogen-bond acceptors (Lipinski definition) is 4. The van der Waals surface area contributed by atoms with Crippen LogP contribution in [0, 0.1) is 13.8 Å². The Labute approximate surface area is 174 Å². The van der Waals surface area contributed by atoms with Crippen molar-refractivity contribution in [2.24, 2.45) is 0 Å². The van der Waals surface area contributed by atoms with E-state index in [1.165, 1.54) is 0 Å². The SMILES string of the molecule is Cc1cccc(C)c1OCC(=O)N(Cc1ccc(N(C)C)cc1)C[C@@H]1CCCO1. The average molecular weight is 397 g/mol. The molecule has 0 unspecified atom stereocenters. The van der Waals surface area contributed by atoms with E-state index in [4.69, 9.17) is 9.47 Å². The fourth-order valence-electron chi connectivity index (χ4n) is 3.66. The molecule has 3 rings (SSSR count). The van der Waals surface area contributed by atoms with E-state index in [9.17, 15) is 4.79 Å². The molecular weight excluding hydrogens is 364 g/mol. The summed E-state index contributed by atoms with van der Waals surface area (Å²) in [6, 6.07) is 14.3. The topological polar surface area (TPSA) is 42.0 Å². The minimum Gasteiger partial charge on any atom is -0.483 e. The molecule has 1 amide bonds. The molecule has 0 N–H and O–H groups in total. The Morgan fingerprint density at radius 3 is 2.38 bits per heavy atom. The van der Waals surface area contributed by atoms with Crippen molar-refractivity contribution in [3.63, 3.8) is 0 Å². The summed E-state index contributed by atoms with van der Waals surface area (Å²) in [6.07, 6.45) is 2.17. The second-order valence-electron chi connectivity index (χ2n) is 7.98. The molecule has 29 heavy (non-hydrogen) atoms. The van der Waals surface area contributed by atoms with Crippen LogP contribution in [0.3, 0.4) is 0 Å². The number of benzene rings is 2. The minimum atomic E-state index is -0.0140. The molecule has 1 atom stereocenters. The summed E-state index contributed by atoms with van der Waals surface area (Å²) in [4.78, 5) is 17.0. The second kappa shape index (κ2) is 9.79. The Bertz CT molecular complexity index is 791. The summed E-state index contributed by atoms with van der Waals surface area (Å²) in [5.41, 5.74) is 4.34. The lowest BCUT2D eigenvalue weighted by Crippen LogP contribution is -2.39. The zero-order valence-electron chi connectivity index (χ0n) is 18.0. The van der Waals surface area contributed by atoms with Crippen molar-refractivity contribution < 1.29 is 14.3 Å². The van der Waals surface area contributed by atoms with Gasteiger partial charge in [0, 0.05) is 39.5 Å². The van der Waals surface area contributed by atoms with Crippen LogP contribution >= 0.6 is 0 Å². The van der Waals surface area contributed by atoms with Gasteiger partial charge in [-0.25, -0.2) is 0 Å². The van der Waals surface area contributed by atoms with Gasteiger partial charge in [0.1, 0.15) is 5.75 Å². The molecule has 156 valence electrons. The number of nitrogens with zero attached hydrogens (tertiary/aromatic N) is 2. The minimum absolute atomic E-state index is 0.0140. The third kappa shape index (κ3) is 5.73. The Hall–Kier alpha value is -2.53. The van der Waals surface area contributed by atoms with E-state index in [1.807, 2.05) is 51.0 Å². The van der Waals surface area contributed by atoms with E-state index >= 15 is 0 Å². The number of anilines is 1. The van der Waals surface area contributed by atoms with Gasteiger partial charge < -0.3 is 19.3 Å². The van der Waals surface area contributed by atoms with Gasteiger partial charge in [-0.1, -0.05) is 30.3 Å². The van der Waals surface area contributed by atoms with Crippen molar-refractivity contribution in [2.45, 2.75) is 39.3 Å². The van der Waals surface area contributed by atoms with Crippen LogP contribution < -0.4 is 9.64 Å². The van der Waals surface area contributed by atoms with Crippen LogP contribution in [0.1, 0.15) is 29.5 Å². The van der Waals surface area contributed by atoms with Gasteiger partial charge in [-0.3, -0.25) is 4.79 Å². The lowest BCUT2D eigenvalue weighted by Gasteiger charge is -2.26. The van der Waals surface area contributed by atoms with Gasteiger partial charge in [0.05, 0.1) is 6.10 Å². The first kappa shape index (κ1) is 21.2. The number of carbonyl (C=O) groups is 1. The molecule has 1 heterocycles. The van der Waals surface area contributed by atoms with Crippen LogP contribution in [-0.4, -0.2) is 50.8 Å². The lowest BCUT2D eigenvalue weighted by atomic mass is 10.1. The smallest absolute Gasteiger partial charge is 0.260 e. The van der Waals surface area contributed by atoms with Crippen molar-refractivity contribution in [2.75, 3.05) is 38.8 Å². The molecule has 1 aliphatic heterocycles. The molecule has 0 bridgehead atoms. The summed E-state index contributed by atoms with van der Waals surface area (Å²) in [5.74, 6) is 0.785. The maximum Gasteiger partial charge on any atom is 0.260 e. The van der Waals surface area contributed by atoms with Crippen LogP contribution in [0.25, 0.3) is 0 Å². The molecule has 0 spiro atoms. The van der Waals surface area contributed by atoms with Crippen LogP contribution in [0.4, 0.5) is 5.69 Å². The molecule has 0 aromatic heterocycles. The van der Waals surface area contributed by atoms with Crippen molar-refractivity contribution in [3.8, 4) is 5.75 Å². The van der Waals surface area contributed by atoms with Crippen molar-refractivity contribution in [3.05, 3.63) is 59.2 Å². The molecule has 1 saturated heterocycles. The molecule has 0 radical (unpaired) electrons. The highest BCUT2D eigenvalue weighted by atomic mass is 16.5. The standard InChI is InChI=1S/C24H32N2O3/c1-18-7-5-8-19(2)24(18)29-17-23(27)26(16-22-9-6-14-28-22)15-20-10-12-21(13-11-20)25(3)4/h5,7-8,10-13,22H,6,9,14-17H2,1-4H3/t22-/m0/s1. The Kier molecular flexibility index (Phi) is 7.15. The lowest BCUT2D eigenvalue weighted by molar-refractivity contribution is -0.135.